The summed E-state index contributed by atoms with van der Waals surface area (Å²) in [6.45, 7) is 1.71. The molecule has 0 saturated heterocycles. The van der Waals surface area contributed by atoms with E-state index in [0.29, 0.717) is 34.2 Å². The second-order valence-corrected chi connectivity index (χ2v) is 5.79. The van der Waals surface area contributed by atoms with Gasteiger partial charge in [0.1, 0.15) is 5.69 Å². The van der Waals surface area contributed by atoms with Crippen LogP contribution in [0.2, 0.25) is 5.02 Å². The molecule has 8 heteroatoms. The number of aromatic amines is 1. The van der Waals surface area contributed by atoms with Crippen LogP contribution in [0.15, 0.2) is 45.8 Å². The molecule has 3 heterocycles. The first-order chi connectivity index (χ1) is 11.6. The van der Waals surface area contributed by atoms with Gasteiger partial charge in [-0.2, -0.15) is 4.98 Å². The molecule has 24 heavy (non-hydrogen) atoms. The third kappa shape index (κ3) is 2.48. The van der Waals surface area contributed by atoms with E-state index in [-0.39, 0.29) is 11.4 Å². The Hall–Kier alpha value is -2.93. The van der Waals surface area contributed by atoms with E-state index in [2.05, 4.69) is 20.2 Å². The SMILES string of the molecule is Cc1noc(-c2nc3cc[nH]n3c(=O)c2Cc2cccc(Cl)c2)n1. The van der Waals surface area contributed by atoms with Gasteiger partial charge in [-0.05, 0) is 24.6 Å². The lowest BCUT2D eigenvalue weighted by Crippen LogP contribution is -2.21. The van der Waals surface area contributed by atoms with Crippen molar-refractivity contribution >= 4 is 17.2 Å². The minimum Gasteiger partial charge on any atom is -0.332 e. The number of H-pyrrole nitrogens is 1. The fourth-order valence-corrected chi connectivity index (χ4v) is 2.79. The molecule has 0 aliphatic rings. The summed E-state index contributed by atoms with van der Waals surface area (Å²) in [7, 11) is 0. The first-order valence-electron chi connectivity index (χ1n) is 7.26. The van der Waals surface area contributed by atoms with E-state index in [1.165, 1.54) is 4.52 Å². The van der Waals surface area contributed by atoms with Gasteiger partial charge >= 0.3 is 0 Å². The summed E-state index contributed by atoms with van der Waals surface area (Å²) < 4.78 is 6.61. The van der Waals surface area contributed by atoms with Gasteiger partial charge in [-0.15, -0.1) is 0 Å². The van der Waals surface area contributed by atoms with Crippen LogP contribution < -0.4 is 5.56 Å². The molecule has 0 aliphatic carbocycles. The maximum Gasteiger partial charge on any atom is 0.277 e. The van der Waals surface area contributed by atoms with Crippen molar-refractivity contribution in [1.29, 1.82) is 0 Å². The summed E-state index contributed by atoms with van der Waals surface area (Å²) in [5.41, 5.74) is 2.02. The summed E-state index contributed by atoms with van der Waals surface area (Å²) in [5, 5.41) is 7.26. The number of benzene rings is 1. The summed E-state index contributed by atoms with van der Waals surface area (Å²) in [4.78, 5) is 21.6. The monoisotopic (exact) mass is 341 g/mol. The van der Waals surface area contributed by atoms with Crippen LogP contribution in [0.25, 0.3) is 17.2 Å². The van der Waals surface area contributed by atoms with Crippen LogP contribution in [0.1, 0.15) is 17.0 Å². The maximum absolute atomic E-state index is 12.8. The molecular formula is C16H12ClN5O2. The van der Waals surface area contributed by atoms with Crippen LogP contribution in [-0.4, -0.2) is 24.7 Å². The van der Waals surface area contributed by atoms with Gasteiger partial charge in [0, 0.05) is 23.7 Å². The lowest BCUT2D eigenvalue weighted by Gasteiger charge is -2.06. The zero-order valence-electron chi connectivity index (χ0n) is 12.7. The zero-order valence-corrected chi connectivity index (χ0v) is 13.4. The van der Waals surface area contributed by atoms with E-state index >= 15 is 0 Å². The van der Waals surface area contributed by atoms with Crippen molar-refractivity contribution in [1.82, 2.24) is 24.7 Å². The van der Waals surface area contributed by atoms with Gasteiger partial charge in [0.25, 0.3) is 11.4 Å². The van der Waals surface area contributed by atoms with Crippen LogP contribution in [0, 0.1) is 6.92 Å². The van der Waals surface area contributed by atoms with Crippen LogP contribution in [0.3, 0.4) is 0 Å². The van der Waals surface area contributed by atoms with Crippen LogP contribution in [0.4, 0.5) is 0 Å². The smallest absolute Gasteiger partial charge is 0.277 e. The highest BCUT2D eigenvalue weighted by atomic mass is 35.5. The Kier molecular flexibility index (Phi) is 3.42. The summed E-state index contributed by atoms with van der Waals surface area (Å²) in [6, 6.07) is 9.04. The Labute approximate surface area is 140 Å². The second kappa shape index (κ2) is 5.61. The minimum atomic E-state index is -0.212. The first kappa shape index (κ1) is 14.6. The number of fused-ring (bicyclic) bond motifs is 1. The highest BCUT2D eigenvalue weighted by Gasteiger charge is 2.20. The summed E-state index contributed by atoms with van der Waals surface area (Å²) in [5.74, 6) is 0.708. The molecule has 0 aliphatic heterocycles. The average molecular weight is 342 g/mol. The number of aryl methyl sites for hydroxylation is 1. The average Bonchev–Trinajstić information content (AvgIpc) is 3.19. The molecule has 3 aromatic heterocycles. The zero-order chi connectivity index (χ0) is 16.7. The Morgan fingerprint density at radius 1 is 1.29 bits per heavy atom. The fraction of sp³-hybridized carbons (Fsp3) is 0.125. The lowest BCUT2D eigenvalue weighted by atomic mass is 10.0. The van der Waals surface area contributed by atoms with Gasteiger partial charge in [0.2, 0.25) is 0 Å². The van der Waals surface area contributed by atoms with Crippen LogP contribution in [0.5, 0.6) is 0 Å². The molecule has 4 rings (SSSR count). The lowest BCUT2D eigenvalue weighted by molar-refractivity contribution is 0.424. The number of halogens is 1. The van der Waals surface area contributed by atoms with Crippen molar-refractivity contribution in [2.45, 2.75) is 13.3 Å². The fourth-order valence-electron chi connectivity index (χ4n) is 2.58. The number of hydrogen-bond donors (Lipinski definition) is 1. The summed E-state index contributed by atoms with van der Waals surface area (Å²) in [6.07, 6.45) is 2.00. The molecule has 0 spiro atoms. The Morgan fingerprint density at radius 2 is 2.17 bits per heavy atom. The van der Waals surface area contributed by atoms with E-state index < -0.39 is 0 Å². The number of nitrogens with zero attached hydrogens (tertiary/aromatic N) is 4. The van der Waals surface area contributed by atoms with E-state index in [9.17, 15) is 4.79 Å². The van der Waals surface area contributed by atoms with Crippen LogP contribution >= 0.6 is 11.6 Å². The molecule has 0 fully saturated rings. The molecular weight excluding hydrogens is 330 g/mol. The van der Waals surface area contributed by atoms with E-state index in [4.69, 9.17) is 16.1 Å². The molecule has 7 nitrogen and oxygen atoms in total. The number of nitrogens with one attached hydrogen (secondary N) is 1. The molecule has 0 radical (unpaired) electrons. The maximum atomic E-state index is 12.8. The Balaban J connectivity index is 1.94. The number of rotatable bonds is 3. The van der Waals surface area contributed by atoms with Crippen molar-refractivity contribution in [2.75, 3.05) is 0 Å². The van der Waals surface area contributed by atoms with Crippen molar-refractivity contribution in [3.63, 3.8) is 0 Å². The van der Waals surface area contributed by atoms with Gasteiger partial charge in [-0.25, -0.2) is 9.50 Å². The van der Waals surface area contributed by atoms with Crippen molar-refractivity contribution in [2.24, 2.45) is 0 Å². The molecule has 0 amide bonds. The quantitative estimate of drug-likeness (QED) is 0.618. The summed E-state index contributed by atoms with van der Waals surface area (Å²) >= 11 is 6.04. The third-order valence-corrected chi connectivity index (χ3v) is 3.87. The second-order valence-electron chi connectivity index (χ2n) is 5.35. The number of hydrogen-bond acceptors (Lipinski definition) is 5. The van der Waals surface area contributed by atoms with Gasteiger partial charge in [-0.3, -0.25) is 9.89 Å². The minimum absolute atomic E-state index is 0.212. The number of aromatic nitrogens is 5. The Morgan fingerprint density at radius 3 is 2.92 bits per heavy atom. The van der Waals surface area contributed by atoms with Gasteiger partial charge < -0.3 is 4.52 Å². The molecule has 0 unspecified atom stereocenters. The van der Waals surface area contributed by atoms with E-state index in [0.717, 1.165) is 5.56 Å². The molecule has 0 bridgehead atoms. The molecule has 4 aromatic rings. The standard InChI is InChI=1S/C16H12ClN5O2/c1-9-19-15(24-21-9)14-12(8-10-3-2-4-11(17)7-10)16(23)22-13(20-14)5-6-18-22/h2-7,18H,8H2,1H3. The molecule has 0 saturated carbocycles. The third-order valence-electron chi connectivity index (χ3n) is 3.64. The predicted octanol–water partition coefficient (Wildman–Crippen LogP) is 2.63. The van der Waals surface area contributed by atoms with Gasteiger partial charge in [-0.1, -0.05) is 28.9 Å². The molecule has 120 valence electrons. The molecule has 0 atom stereocenters. The van der Waals surface area contributed by atoms with E-state index in [1.807, 2.05) is 18.2 Å². The first-order valence-corrected chi connectivity index (χ1v) is 7.64. The molecule has 1 N–H and O–H groups in total. The molecule has 1 aromatic carbocycles. The van der Waals surface area contributed by atoms with E-state index in [1.54, 1.807) is 25.3 Å². The normalized spacial score (nSPS) is 11.2. The topological polar surface area (TPSA) is 89.1 Å². The van der Waals surface area contributed by atoms with Crippen LogP contribution in [-0.2, 0) is 6.42 Å². The predicted molar refractivity (Wildman–Crippen MR) is 88.1 cm³/mol. The largest absolute Gasteiger partial charge is 0.332 e. The van der Waals surface area contributed by atoms with Crippen molar-refractivity contribution in [3.8, 4) is 11.6 Å². The van der Waals surface area contributed by atoms with Crippen molar-refractivity contribution < 1.29 is 4.52 Å². The highest BCUT2D eigenvalue weighted by Crippen LogP contribution is 2.22. The van der Waals surface area contributed by atoms with Gasteiger partial charge in [0.05, 0.1) is 5.56 Å². The highest BCUT2D eigenvalue weighted by molar-refractivity contribution is 6.30. The van der Waals surface area contributed by atoms with Gasteiger partial charge in [0.15, 0.2) is 11.5 Å². The van der Waals surface area contributed by atoms with Crippen molar-refractivity contribution in [3.05, 3.63) is 68.9 Å². The Bertz CT molecular complexity index is 1100.